The SMILES string of the molecule is O=C1S/C(=C\c2ccc(Cl)c([N+](=O)[O-])c2)C(=O)N1Cc1ccc(F)cc1Cl. The van der Waals surface area contributed by atoms with Crippen LogP contribution >= 0.6 is 35.0 Å². The van der Waals surface area contributed by atoms with E-state index in [9.17, 15) is 24.1 Å². The average molecular weight is 427 g/mol. The van der Waals surface area contributed by atoms with Crippen LogP contribution in [0, 0.1) is 15.9 Å². The maximum Gasteiger partial charge on any atom is 0.293 e. The third-order valence-electron chi connectivity index (χ3n) is 3.68. The molecule has 0 radical (unpaired) electrons. The fraction of sp³-hybridized carbons (Fsp3) is 0.0588. The second-order valence-electron chi connectivity index (χ2n) is 5.47. The molecule has 2 amide bonds. The van der Waals surface area contributed by atoms with Crippen LogP contribution in [0.25, 0.3) is 6.08 Å². The number of hydrogen-bond acceptors (Lipinski definition) is 5. The van der Waals surface area contributed by atoms with Crippen molar-refractivity contribution < 1.29 is 18.9 Å². The Morgan fingerprint density at radius 2 is 1.89 bits per heavy atom. The Balaban J connectivity index is 1.86. The van der Waals surface area contributed by atoms with Crippen LogP contribution in [0.2, 0.25) is 10.0 Å². The van der Waals surface area contributed by atoms with Gasteiger partial charge in [0.15, 0.2) is 0 Å². The molecule has 2 aromatic carbocycles. The Morgan fingerprint density at radius 1 is 1.15 bits per heavy atom. The van der Waals surface area contributed by atoms with Gasteiger partial charge in [-0.15, -0.1) is 0 Å². The number of amides is 2. The Bertz CT molecular complexity index is 1010. The van der Waals surface area contributed by atoms with Gasteiger partial charge in [-0.05, 0) is 47.2 Å². The van der Waals surface area contributed by atoms with Gasteiger partial charge in [0.25, 0.3) is 16.8 Å². The van der Waals surface area contributed by atoms with Crippen LogP contribution in [0.15, 0.2) is 41.3 Å². The van der Waals surface area contributed by atoms with Crippen molar-refractivity contribution in [2.75, 3.05) is 0 Å². The molecule has 0 aromatic heterocycles. The Kier molecular flexibility index (Phi) is 5.50. The number of nitro groups is 1. The van der Waals surface area contributed by atoms with E-state index < -0.39 is 21.9 Å². The molecule has 27 heavy (non-hydrogen) atoms. The number of rotatable bonds is 4. The van der Waals surface area contributed by atoms with E-state index in [1.807, 2.05) is 0 Å². The Labute approximate surface area is 166 Å². The summed E-state index contributed by atoms with van der Waals surface area (Å²) in [6.45, 7) is -0.109. The summed E-state index contributed by atoms with van der Waals surface area (Å²) < 4.78 is 13.1. The largest absolute Gasteiger partial charge is 0.293 e. The van der Waals surface area contributed by atoms with Gasteiger partial charge in [0.1, 0.15) is 10.8 Å². The molecular weight excluding hydrogens is 418 g/mol. The molecule has 0 spiro atoms. The second kappa shape index (κ2) is 7.67. The molecule has 1 aliphatic rings. The quantitative estimate of drug-likeness (QED) is 0.377. The standard InChI is InChI=1S/C17H9Cl2FN2O4S/c18-12-4-1-9(5-14(12)22(25)26)6-15-16(23)21(17(24)27-15)8-10-2-3-11(20)7-13(10)19/h1-7H,8H2/b15-6-. The van der Waals surface area contributed by atoms with Gasteiger partial charge in [0, 0.05) is 11.1 Å². The predicted molar refractivity (Wildman–Crippen MR) is 101 cm³/mol. The number of carbonyl (C=O) groups is 2. The second-order valence-corrected chi connectivity index (χ2v) is 7.28. The van der Waals surface area contributed by atoms with E-state index in [2.05, 4.69) is 0 Å². The fourth-order valence-corrected chi connectivity index (χ4v) is 3.62. The molecule has 0 atom stereocenters. The van der Waals surface area contributed by atoms with Crippen molar-refractivity contribution in [2.45, 2.75) is 6.54 Å². The third kappa shape index (κ3) is 4.13. The summed E-state index contributed by atoms with van der Waals surface area (Å²) in [6, 6.07) is 7.73. The highest BCUT2D eigenvalue weighted by molar-refractivity contribution is 8.18. The number of halogens is 3. The van der Waals surface area contributed by atoms with Crippen LogP contribution in [0.3, 0.4) is 0 Å². The van der Waals surface area contributed by atoms with E-state index in [4.69, 9.17) is 23.2 Å². The zero-order chi connectivity index (χ0) is 19.7. The van der Waals surface area contributed by atoms with Gasteiger partial charge in [0.05, 0.1) is 16.4 Å². The lowest BCUT2D eigenvalue weighted by molar-refractivity contribution is -0.384. The van der Waals surface area contributed by atoms with Gasteiger partial charge < -0.3 is 0 Å². The van der Waals surface area contributed by atoms with E-state index in [0.29, 0.717) is 22.9 Å². The van der Waals surface area contributed by atoms with Crippen molar-refractivity contribution in [3.05, 3.63) is 78.4 Å². The van der Waals surface area contributed by atoms with Crippen molar-refractivity contribution in [3.8, 4) is 0 Å². The summed E-state index contributed by atoms with van der Waals surface area (Å²) in [7, 11) is 0. The van der Waals surface area contributed by atoms with Crippen LogP contribution < -0.4 is 0 Å². The van der Waals surface area contributed by atoms with E-state index >= 15 is 0 Å². The van der Waals surface area contributed by atoms with Crippen molar-refractivity contribution in [3.63, 3.8) is 0 Å². The van der Waals surface area contributed by atoms with Gasteiger partial charge >= 0.3 is 0 Å². The molecule has 0 unspecified atom stereocenters. The normalized spacial score (nSPS) is 15.7. The maximum atomic E-state index is 13.1. The molecule has 3 rings (SSSR count). The number of imide groups is 1. The molecule has 0 bridgehead atoms. The van der Waals surface area contributed by atoms with Crippen molar-refractivity contribution >= 4 is 57.9 Å². The highest BCUT2D eigenvalue weighted by Gasteiger charge is 2.35. The number of benzene rings is 2. The van der Waals surface area contributed by atoms with Crippen molar-refractivity contribution in [2.24, 2.45) is 0 Å². The summed E-state index contributed by atoms with van der Waals surface area (Å²) in [5, 5.41) is 10.5. The van der Waals surface area contributed by atoms with Crippen molar-refractivity contribution in [1.82, 2.24) is 4.90 Å². The molecule has 2 aromatic rings. The van der Waals surface area contributed by atoms with E-state index in [-0.39, 0.29) is 27.2 Å². The lowest BCUT2D eigenvalue weighted by Crippen LogP contribution is -2.27. The molecule has 1 fully saturated rings. The number of nitrogens with zero attached hydrogens (tertiary/aromatic N) is 2. The number of carbonyl (C=O) groups excluding carboxylic acids is 2. The summed E-state index contributed by atoms with van der Waals surface area (Å²) >= 11 is 12.4. The summed E-state index contributed by atoms with van der Waals surface area (Å²) in [5.41, 5.74) is 0.475. The van der Waals surface area contributed by atoms with Gasteiger partial charge in [-0.25, -0.2) is 4.39 Å². The van der Waals surface area contributed by atoms with Gasteiger partial charge in [-0.1, -0.05) is 35.3 Å². The fourth-order valence-electron chi connectivity index (χ4n) is 2.37. The van der Waals surface area contributed by atoms with Crippen LogP contribution in [0.1, 0.15) is 11.1 Å². The topological polar surface area (TPSA) is 80.5 Å². The first-order valence-electron chi connectivity index (χ1n) is 7.39. The highest BCUT2D eigenvalue weighted by atomic mass is 35.5. The summed E-state index contributed by atoms with van der Waals surface area (Å²) in [5.74, 6) is -1.09. The van der Waals surface area contributed by atoms with Crippen LogP contribution in [0.4, 0.5) is 14.9 Å². The number of nitro benzene ring substituents is 1. The molecule has 1 heterocycles. The van der Waals surface area contributed by atoms with Gasteiger partial charge in [0.2, 0.25) is 0 Å². The first-order chi connectivity index (χ1) is 12.8. The van der Waals surface area contributed by atoms with E-state index in [1.54, 1.807) is 0 Å². The van der Waals surface area contributed by atoms with Crippen LogP contribution in [-0.4, -0.2) is 21.0 Å². The Morgan fingerprint density at radius 3 is 2.56 bits per heavy atom. The minimum atomic E-state index is -0.637. The Hall–Kier alpha value is -2.42. The highest BCUT2D eigenvalue weighted by Crippen LogP contribution is 2.35. The van der Waals surface area contributed by atoms with E-state index in [1.165, 1.54) is 36.4 Å². The van der Waals surface area contributed by atoms with Gasteiger partial charge in [-0.2, -0.15) is 0 Å². The predicted octanol–water partition coefficient (Wildman–Crippen LogP) is 5.28. The third-order valence-corrected chi connectivity index (χ3v) is 5.26. The zero-order valence-corrected chi connectivity index (χ0v) is 15.6. The molecule has 0 N–H and O–H groups in total. The monoisotopic (exact) mass is 426 g/mol. The molecule has 6 nitrogen and oxygen atoms in total. The maximum absolute atomic E-state index is 13.1. The number of thioether (sulfide) groups is 1. The lowest BCUT2D eigenvalue weighted by Gasteiger charge is -2.13. The van der Waals surface area contributed by atoms with Gasteiger partial charge in [-0.3, -0.25) is 24.6 Å². The van der Waals surface area contributed by atoms with Crippen LogP contribution in [-0.2, 0) is 11.3 Å². The molecule has 10 heteroatoms. The van der Waals surface area contributed by atoms with Crippen molar-refractivity contribution in [1.29, 1.82) is 0 Å². The first-order valence-corrected chi connectivity index (χ1v) is 8.97. The molecule has 1 saturated heterocycles. The molecule has 1 aliphatic heterocycles. The molecule has 0 aliphatic carbocycles. The molecule has 0 saturated carbocycles. The van der Waals surface area contributed by atoms with Crippen LogP contribution in [0.5, 0.6) is 0 Å². The smallest absolute Gasteiger partial charge is 0.268 e. The first kappa shape index (κ1) is 19.3. The number of hydrogen-bond donors (Lipinski definition) is 0. The lowest BCUT2D eigenvalue weighted by atomic mass is 10.1. The van der Waals surface area contributed by atoms with E-state index in [0.717, 1.165) is 11.0 Å². The zero-order valence-electron chi connectivity index (χ0n) is 13.3. The molecule has 138 valence electrons. The average Bonchev–Trinajstić information content (AvgIpc) is 2.86. The summed E-state index contributed by atoms with van der Waals surface area (Å²) in [4.78, 5) is 36.1. The summed E-state index contributed by atoms with van der Waals surface area (Å²) in [6.07, 6.45) is 1.38. The minimum Gasteiger partial charge on any atom is -0.268 e. The minimum absolute atomic E-state index is 0.0313. The molecular formula is C17H9Cl2FN2O4S.